The number of carboxylic acid groups (broad SMARTS) is 1. The van der Waals surface area contributed by atoms with Crippen molar-refractivity contribution in [3.63, 3.8) is 0 Å². The van der Waals surface area contributed by atoms with Crippen LogP contribution < -0.4 is 4.74 Å². The third kappa shape index (κ3) is 3.34. The zero-order chi connectivity index (χ0) is 15.4. The first-order valence-electron chi connectivity index (χ1n) is 7.29. The normalized spacial score (nSPS) is 17.1. The number of carboxylic acids is 1. The van der Waals surface area contributed by atoms with Gasteiger partial charge >= 0.3 is 5.97 Å². The van der Waals surface area contributed by atoms with Crippen LogP contribution in [0.25, 0.3) is 0 Å². The van der Waals surface area contributed by atoms with Gasteiger partial charge in [-0.3, -0.25) is 4.99 Å². The number of nitrogens with zero attached hydrogens (tertiary/aromatic N) is 1. The summed E-state index contributed by atoms with van der Waals surface area (Å²) in [6.07, 6.45) is 1.26. The maximum Gasteiger partial charge on any atom is 0.328 e. The fourth-order valence-electron chi connectivity index (χ4n) is 2.49. The predicted molar refractivity (Wildman–Crippen MR) is 84.4 cm³/mol. The van der Waals surface area contributed by atoms with Crippen molar-refractivity contribution in [3.8, 4) is 5.75 Å². The van der Waals surface area contributed by atoms with Crippen molar-refractivity contribution < 1.29 is 14.6 Å². The molecule has 0 saturated heterocycles. The summed E-state index contributed by atoms with van der Waals surface area (Å²) >= 11 is 0. The van der Waals surface area contributed by atoms with E-state index in [1.807, 2.05) is 54.6 Å². The summed E-state index contributed by atoms with van der Waals surface area (Å²) in [4.78, 5) is 15.3. The van der Waals surface area contributed by atoms with Gasteiger partial charge in [-0.15, -0.1) is 0 Å². The summed E-state index contributed by atoms with van der Waals surface area (Å²) < 4.78 is 5.80. The second-order valence-corrected chi connectivity index (χ2v) is 5.27. The summed E-state index contributed by atoms with van der Waals surface area (Å²) in [6.45, 7) is 0.508. The first kappa shape index (κ1) is 14.3. The number of rotatable bonds is 5. The van der Waals surface area contributed by atoms with Gasteiger partial charge in [-0.2, -0.15) is 0 Å². The van der Waals surface area contributed by atoms with Gasteiger partial charge in [-0.25, -0.2) is 4.79 Å². The second-order valence-electron chi connectivity index (χ2n) is 5.27. The number of hydrogen-bond acceptors (Lipinski definition) is 3. The maximum absolute atomic E-state index is 11.0. The molecule has 1 aliphatic heterocycles. The van der Waals surface area contributed by atoms with E-state index in [4.69, 9.17) is 9.84 Å². The molecular weight excluding hydrogens is 278 g/mol. The first-order valence-corrected chi connectivity index (χ1v) is 7.29. The Morgan fingerprint density at radius 1 is 1.18 bits per heavy atom. The van der Waals surface area contributed by atoms with Crippen molar-refractivity contribution in [2.45, 2.75) is 25.5 Å². The van der Waals surface area contributed by atoms with Gasteiger partial charge in [0.05, 0.1) is 0 Å². The molecule has 3 rings (SSSR count). The van der Waals surface area contributed by atoms with Crippen molar-refractivity contribution in [1.29, 1.82) is 0 Å². The van der Waals surface area contributed by atoms with Gasteiger partial charge in [0, 0.05) is 5.71 Å². The minimum absolute atomic E-state index is 0.508. The quantitative estimate of drug-likeness (QED) is 0.920. The Balaban J connectivity index is 1.71. The van der Waals surface area contributed by atoms with Gasteiger partial charge < -0.3 is 9.84 Å². The van der Waals surface area contributed by atoms with E-state index in [1.54, 1.807) is 0 Å². The van der Waals surface area contributed by atoms with E-state index in [1.165, 1.54) is 0 Å². The van der Waals surface area contributed by atoms with Gasteiger partial charge in [0.2, 0.25) is 0 Å². The molecule has 0 saturated carbocycles. The standard InChI is InChI=1S/C18H17NO3/c20-18(21)17-10-9-16(19-17)14-7-4-8-15(11-14)22-12-13-5-2-1-3-6-13/h1-8,11,17H,9-10,12H2,(H,20,21)/t17-/m0/s1. The molecule has 2 aromatic rings. The Bertz CT molecular complexity index is 694. The van der Waals surface area contributed by atoms with Crippen LogP contribution >= 0.6 is 0 Å². The molecule has 0 bridgehead atoms. The van der Waals surface area contributed by atoms with Crippen LogP contribution in [0.5, 0.6) is 5.75 Å². The van der Waals surface area contributed by atoms with E-state index in [0.717, 1.165) is 22.6 Å². The SMILES string of the molecule is O=C(O)[C@@H]1CCC(c2cccc(OCc3ccccc3)c2)=N1. The summed E-state index contributed by atoms with van der Waals surface area (Å²) in [5.41, 5.74) is 2.89. The van der Waals surface area contributed by atoms with Crippen molar-refractivity contribution in [3.05, 3.63) is 65.7 Å². The van der Waals surface area contributed by atoms with Crippen LogP contribution in [0.2, 0.25) is 0 Å². The highest BCUT2D eigenvalue weighted by molar-refractivity contribution is 6.03. The molecular formula is C18H17NO3. The molecule has 1 N–H and O–H groups in total. The fourth-order valence-corrected chi connectivity index (χ4v) is 2.49. The van der Waals surface area contributed by atoms with E-state index in [2.05, 4.69) is 4.99 Å². The molecule has 0 unspecified atom stereocenters. The van der Waals surface area contributed by atoms with Crippen LogP contribution in [0, 0.1) is 0 Å². The maximum atomic E-state index is 11.0. The Kier molecular flexibility index (Phi) is 4.19. The van der Waals surface area contributed by atoms with Crippen LogP contribution in [0.1, 0.15) is 24.0 Å². The van der Waals surface area contributed by atoms with Gasteiger partial charge in [0.15, 0.2) is 0 Å². The molecule has 112 valence electrons. The van der Waals surface area contributed by atoms with Crippen LogP contribution in [0.4, 0.5) is 0 Å². The number of hydrogen-bond donors (Lipinski definition) is 1. The number of carbonyl (C=O) groups is 1. The molecule has 0 spiro atoms. The molecule has 0 radical (unpaired) electrons. The highest BCUT2D eigenvalue weighted by Gasteiger charge is 2.24. The van der Waals surface area contributed by atoms with E-state index in [0.29, 0.717) is 19.4 Å². The van der Waals surface area contributed by atoms with Crippen LogP contribution in [-0.4, -0.2) is 22.8 Å². The molecule has 0 fully saturated rings. The molecule has 4 nitrogen and oxygen atoms in total. The number of ether oxygens (including phenoxy) is 1. The van der Waals surface area contributed by atoms with Gasteiger partial charge in [0.25, 0.3) is 0 Å². The average Bonchev–Trinajstić information content (AvgIpc) is 3.05. The Morgan fingerprint density at radius 2 is 2.00 bits per heavy atom. The second kappa shape index (κ2) is 6.43. The van der Waals surface area contributed by atoms with Crippen molar-refractivity contribution in [2.24, 2.45) is 4.99 Å². The number of aliphatic carboxylic acids is 1. The smallest absolute Gasteiger partial charge is 0.328 e. The van der Waals surface area contributed by atoms with Crippen LogP contribution in [0.15, 0.2) is 59.6 Å². The molecule has 0 amide bonds. The van der Waals surface area contributed by atoms with Gasteiger partial charge in [-0.05, 0) is 36.1 Å². The van der Waals surface area contributed by atoms with Crippen molar-refractivity contribution in [2.75, 3.05) is 0 Å². The Labute approximate surface area is 129 Å². The third-order valence-electron chi connectivity index (χ3n) is 3.67. The third-order valence-corrected chi connectivity index (χ3v) is 3.67. The topological polar surface area (TPSA) is 58.9 Å². The zero-order valence-corrected chi connectivity index (χ0v) is 12.1. The minimum Gasteiger partial charge on any atom is -0.489 e. The molecule has 4 heteroatoms. The highest BCUT2D eigenvalue weighted by Crippen LogP contribution is 2.22. The molecule has 1 atom stereocenters. The molecule has 1 aliphatic rings. The lowest BCUT2D eigenvalue weighted by atomic mass is 10.1. The van der Waals surface area contributed by atoms with E-state index in [9.17, 15) is 4.79 Å². The summed E-state index contributed by atoms with van der Waals surface area (Å²) in [7, 11) is 0. The monoisotopic (exact) mass is 295 g/mol. The Hall–Kier alpha value is -2.62. The number of benzene rings is 2. The highest BCUT2D eigenvalue weighted by atomic mass is 16.5. The Morgan fingerprint density at radius 3 is 2.73 bits per heavy atom. The molecule has 1 heterocycles. The first-order chi connectivity index (χ1) is 10.7. The number of aliphatic imine (C=N–C) groups is 1. The summed E-state index contributed by atoms with van der Waals surface area (Å²) in [5, 5.41) is 9.01. The minimum atomic E-state index is -0.855. The molecule has 0 aromatic heterocycles. The van der Waals surface area contributed by atoms with E-state index < -0.39 is 12.0 Å². The summed E-state index contributed by atoms with van der Waals surface area (Å²) in [6, 6.07) is 17.0. The molecule has 2 aromatic carbocycles. The average molecular weight is 295 g/mol. The fraction of sp³-hybridized carbons (Fsp3) is 0.222. The largest absolute Gasteiger partial charge is 0.489 e. The lowest BCUT2D eigenvalue weighted by molar-refractivity contribution is -0.138. The van der Waals surface area contributed by atoms with Crippen LogP contribution in [-0.2, 0) is 11.4 Å². The lowest BCUT2D eigenvalue weighted by Crippen LogP contribution is -2.13. The summed E-state index contributed by atoms with van der Waals surface area (Å²) in [5.74, 6) is -0.0886. The predicted octanol–water partition coefficient (Wildman–Crippen LogP) is 3.30. The van der Waals surface area contributed by atoms with E-state index >= 15 is 0 Å². The van der Waals surface area contributed by atoms with Crippen molar-refractivity contribution in [1.82, 2.24) is 0 Å². The van der Waals surface area contributed by atoms with Gasteiger partial charge in [-0.1, -0.05) is 42.5 Å². The molecule has 22 heavy (non-hydrogen) atoms. The zero-order valence-electron chi connectivity index (χ0n) is 12.1. The van der Waals surface area contributed by atoms with E-state index in [-0.39, 0.29) is 0 Å². The lowest BCUT2D eigenvalue weighted by Gasteiger charge is -2.08. The van der Waals surface area contributed by atoms with Gasteiger partial charge in [0.1, 0.15) is 18.4 Å². The van der Waals surface area contributed by atoms with Crippen LogP contribution in [0.3, 0.4) is 0 Å². The van der Waals surface area contributed by atoms with Crippen molar-refractivity contribution >= 4 is 11.7 Å². The molecule has 0 aliphatic carbocycles.